The molecule has 166 valence electrons. The van der Waals surface area contributed by atoms with Gasteiger partial charge in [-0.15, -0.1) is 0 Å². The zero-order valence-electron chi connectivity index (χ0n) is 19.0. The molecule has 0 spiro atoms. The number of methoxy groups -OCH3 is 4. The van der Waals surface area contributed by atoms with Crippen molar-refractivity contribution in [2.45, 2.75) is 32.6 Å². The topological polar surface area (TPSA) is 66.0 Å². The highest BCUT2D eigenvalue weighted by molar-refractivity contribution is 6.18. The molecule has 0 heterocycles. The van der Waals surface area contributed by atoms with Gasteiger partial charge in [-0.1, -0.05) is 26.2 Å². The maximum absolute atomic E-state index is 13.1. The van der Waals surface area contributed by atoms with E-state index in [9.17, 15) is 4.79 Å². The molecule has 6 heteroatoms. The maximum Gasteiger partial charge on any atom is 0.251 e. The number of hydrogen-bond acceptors (Lipinski definition) is 5. The Bertz CT molecular complexity index is 1080. The number of unbranched alkanes of at least 4 members (excludes halogenated alkanes) is 3. The number of amides is 1. The van der Waals surface area contributed by atoms with Crippen molar-refractivity contribution in [2.24, 2.45) is 0 Å². The van der Waals surface area contributed by atoms with E-state index in [0.717, 1.165) is 40.8 Å². The van der Waals surface area contributed by atoms with Crippen molar-refractivity contribution < 1.29 is 23.7 Å². The van der Waals surface area contributed by atoms with Crippen molar-refractivity contribution in [3.8, 4) is 23.0 Å². The second-order valence-electron chi connectivity index (χ2n) is 7.42. The monoisotopic (exact) mass is 425 g/mol. The summed E-state index contributed by atoms with van der Waals surface area (Å²) in [6.07, 6.45) is 4.41. The lowest BCUT2D eigenvalue weighted by Crippen LogP contribution is -2.24. The summed E-state index contributed by atoms with van der Waals surface area (Å²) in [6, 6.07) is 9.47. The number of nitrogens with one attached hydrogen (secondary N) is 1. The van der Waals surface area contributed by atoms with Crippen LogP contribution in [0.2, 0.25) is 0 Å². The molecule has 0 atom stereocenters. The standard InChI is InChI=1S/C25H31NO5/c1-6-7-8-9-10-26-25(27)20-11-16-12-21(28-2)22(29-3)13-17(16)18-14-23(30-4)24(31-5)15-19(18)20/h11-15H,6-10H2,1-5H3,(H,26,27). The Balaban J connectivity index is 2.17. The Labute approximate surface area is 183 Å². The van der Waals surface area contributed by atoms with E-state index >= 15 is 0 Å². The molecule has 0 saturated carbocycles. The molecular formula is C25H31NO5. The van der Waals surface area contributed by atoms with Gasteiger partial charge in [0.2, 0.25) is 0 Å². The molecule has 3 aromatic carbocycles. The predicted molar refractivity (Wildman–Crippen MR) is 124 cm³/mol. The van der Waals surface area contributed by atoms with Gasteiger partial charge in [0.05, 0.1) is 28.4 Å². The Kier molecular flexibility index (Phi) is 7.45. The van der Waals surface area contributed by atoms with Crippen molar-refractivity contribution in [2.75, 3.05) is 35.0 Å². The van der Waals surface area contributed by atoms with E-state index in [0.29, 0.717) is 35.1 Å². The second kappa shape index (κ2) is 10.2. The van der Waals surface area contributed by atoms with Gasteiger partial charge in [0.1, 0.15) is 0 Å². The van der Waals surface area contributed by atoms with Gasteiger partial charge in [0.15, 0.2) is 23.0 Å². The largest absolute Gasteiger partial charge is 0.493 e. The Morgan fingerprint density at radius 1 is 0.710 bits per heavy atom. The van der Waals surface area contributed by atoms with E-state index in [2.05, 4.69) is 12.2 Å². The summed E-state index contributed by atoms with van der Waals surface area (Å²) < 4.78 is 22.0. The minimum atomic E-state index is -0.106. The van der Waals surface area contributed by atoms with Crippen LogP contribution < -0.4 is 24.3 Å². The SMILES string of the molecule is CCCCCCNC(=O)c1cc2cc(OC)c(OC)cc2c2cc(OC)c(OC)cc12. The van der Waals surface area contributed by atoms with Crippen molar-refractivity contribution in [3.63, 3.8) is 0 Å². The third-order valence-corrected chi connectivity index (χ3v) is 5.52. The number of rotatable bonds is 10. The molecular weight excluding hydrogens is 394 g/mol. The highest BCUT2D eigenvalue weighted by Crippen LogP contribution is 2.41. The average Bonchev–Trinajstić information content (AvgIpc) is 2.81. The highest BCUT2D eigenvalue weighted by Gasteiger charge is 2.18. The van der Waals surface area contributed by atoms with E-state index in [4.69, 9.17) is 18.9 Å². The lowest BCUT2D eigenvalue weighted by atomic mass is 9.95. The molecule has 3 rings (SSSR count). The molecule has 1 N–H and O–H groups in total. The third-order valence-electron chi connectivity index (χ3n) is 5.52. The number of carbonyl (C=O) groups is 1. The fraction of sp³-hybridized carbons (Fsp3) is 0.400. The van der Waals surface area contributed by atoms with Gasteiger partial charge >= 0.3 is 0 Å². The van der Waals surface area contributed by atoms with E-state index in [1.807, 2.05) is 30.3 Å². The summed E-state index contributed by atoms with van der Waals surface area (Å²) >= 11 is 0. The van der Waals surface area contributed by atoms with Crippen LogP contribution in [-0.4, -0.2) is 40.9 Å². The van der Waals surface area contributed by atoms with E-state index in [1.165, 1.54) is 6.42 Å². The first-order chi connectivity index (χ1) is 15.1. The molecule has 0 fully saturated rings. The molecule has 0 aliphatic carbocycles. The summed E-state index contributed by atoms with van der Waals surface area (Å²) in [7, 11) is 6.40. The average molecular weight is 426 g/mol. The lowest BCUT2D eigenvalue weighted by Gasteiger charge is -2.16. The van der Waals surface area contributed by atoms with Crippen molar-refractivity contribution in [1.82, 2.24) is 5.32 Å². The molecule has 0 aromatic heterocycles. The molecule has 0 aliphatic heterocycles. The Hall–Kier alpha value is -3.15. The smallest absolute Gasteiger partial charge is 0.251 e. The van der Waals surface area contributed by atoms with Crippen LogP contribution in [-0.2, 0) is 0 Å². The molecule has 0 saturated heterocycles. The van der Waals surface area contributed by atoms with E-state index in [-0.39, 0.29) is 5.91 Å². The van der Waals surface area contributed by atoms with Crippen LogP contribution in [0.1, 0.15) is 43.0 Å². The van der Waals surface area contributed by atoms with Crippen LogP contribution in [0.15, 0.2) is 30.3 Å². The fourth-order valence-corrected chi connectivity index (χ4v) is 3.84. The van der Waals surface area contributed by atoms with Gasteiger partial charge in [0.25, 0.3) is 5.91 Å². The number of benzene rings is 3. The zero-order chi connectivity index (χ0) is 22.4. The van der Waals surface area contributed by atoms with Gasteiger partial charge in [-0.05, 0) is 58.3 Å². The van der Waals surface area contributed by atoms with Gasteiger partial charge in [-0.2, -0.15) is 0 Å². The Morgan fingerprint density at radius 2 is 1.26 bits per heavy atom. The van der Waals surface area contributed by atoms with Crippen LogP contribution in [0, 0.1) is 0 Å². The minimum Gasteiger partial charge on any atom is -0.493 e. The first-order valence-electron chi connectivity index (χ1n) is 10.6. The summed E-state index contributed by atoms with van der Waals surface area (Å²) in [5, 5.41) is 6.56. The number of hydrogen-bond donors (Lipinski definition) is 1. The van der Waals surface area contributed by atoms with E-state index < -0.39 is 0 Å². The molecule has 31 heavy (non-hydrogen) atoms. The van der Waals surface area contributed by atoms with Gasteiger partial charge in [-0.3, -0.25) is 4.79 Å². The summed E-state index contributed by atoms with van der Waals surface area (Å²) in [5.41, 5.74) is 0.589. The lowest BCUT2D eigenvalue weighted by molar-refractivity contribution is 0.0954. The van der Waals surface area contributed by atoms with E-state index in [1.54, 1.807) is 28.4 Å². The summed E-state index contributed by atoms with van der Waals surface area (Å²) in [5.74, 6) is 2.31. The second-order valence-corrected chi connectivity index (χ2v) is 7.42. The van der Waals surface area contributed by atoms with Gasteiger partial charge in [0, 0.05) is 12.1 Å². The van der Waals surface area contributed by atoms with Crippen molar-refractivity contribution in [3.05, 3.63) is 35.9 Å². The highest BCUT2D eigenvalue weighted by atomic mass is 16.5. The molecule has 6 nitrogen and oxygen atoms in total. The molecule has 0 unspecified atom stereocenters. The Morgan fingerprint density at radius 3 is 1.84 bits per heavy atom. The maximum atomic E-state index is 13.1. The molecule has 3 aromatic rings. The van der Waals surface area contributed by atoms with Gasteiger partial charge < -0.3 is 24.3 Å². The van der Waals surface area contributed by atoms with Crippen LogP contribution in [0.4, 0.5) is 0 Å². The first kappa shape index (κ1) is 22.5. The van der Waals surface area contributed by atoms with Crippen LogP contribution in [0.25, 0.3) is 21.5 Å². The zero-order valence-corrected chi connectivity index (χ0v) is 19.0. The summed E-state index contributed by atoms with van der Waals surface area (Å²) in [4.78, 5) is 13.1. The fourth-order valence-electron chi connectivity index (χ4n) is 3.84. The van der Waals surface area contributed by atoms with Crippen molar-refractivity contribution >= 4 is 27.5 Å². The molecule has 0 bridgehead atoms. The molecule has 0 radical (unpaired) electrons. The number of carbonyl (C=O) groups excluding carboxylic acids is 1. The van der Waals surface area contributed by atoms with Crippen molar-refractivity contribution in [1.29, 1.82) is 0 Å². The first-order valence-corrected chi connectivity index (χ1v) is 10.6. The molecule has 1 amide bonds. The van der Waals surface area contributed by atoms with Crippen LogP contribution in [0.3, 0.4) is 0 Å². The quantitative estimate of drug-likeness (QED) is 0.351. The van der Waals surface area contributed by atoms with Crippen LogP contribution >= 0.6 is 0 Å². The summed E-state index contributed by atoms with van der Waals surface area (Å²) in [6.45, 7) is 2.82. The van der Waals surface area contributed by atoms with Crippen LogP contribution in [0.5, 0.6) is 23.0 Å². The number of ether oxygens (including phenoxy) is 4. The minimum absolute atomic E-state index is 0.106. The third kappa shape index (κ3) is 4.63. The normalized spacial score (nSPS) is 10.9. The van der Waals surface area contributed by atoms with Gasteiger partial charge in [-0.25, -0.2) is 0 Å². The number of fused-ring (bicyclic) bond motifs is 3. The predicted octanol–water partition coefficient (Wildman–Crippen LogP) is 5.34. The molecule has 0 aliphatic rings.